The lowest BCUT2D eigenvalue weighted by Gasteiger charge is -2.38. The van der Waals surface area contributed by atoms with Crippen molar-refractivity contribution in [3.05, 3.63) is 92.4 Å². The van der Waals surface area contributed by atoms with Crippen LogP contribution >= 0.6 is 31.9 Å². The van der Waals surface area contributed by atoms with Crippen LogP contribution in [-0.4, -0.2) is 17.3 Å². The Morgan fingerprint density at radius 3 is 2.56 bits per heavy atom. The second kappa shape index (κ2) is 10.5. The van der Waals surface area contributed by atoms with Gasteiger partial charge in [-0.3, -0.25) is 0 Å². The average Bonchev–Trinajstić information content (AvgIpc) is 3.31. The molecule has 3 aromatic rings. The van der Waals surface area contributed by atoms with Crippen molar-refractivity contribution in [3.63, 3.8) is 0 Å². The van der Waals surface area contributed by atoms with Crippen molar-refractivity contribution < 1.29 is 9.47 Å². The molecule has 0 saturated carbocycles. The predicted molar refractivity (Wildman–Crippen MR) is 143 cm³/mol. The molecule has 0 spiro atoms. The zero-order valence-electron chi connectivity index (χ0n) is 19.2. The van der Waals surface area contributed by atoms with Gasteiger partial charge in [0.15, 0.2) is 0 Å². The lowest BCUT2D eigenvalue weighted by molar-refractivity contribution is -0.0197. The number of benzene rings is 3. The predicted octanol–water partition coefficient (Wildman–Crippen LogP) is 8.41. The van der Waals surface area contributed by atoms with E-state index in [1.165, 1.54) is 19.3 Å². The van der Waals surface area contributed by atoms with Crippen LogP contribution in [0.1, 0.15) is 68.0 Å². The Morgan fingerprint density at radius 2 is 1.79 bits per heavy atom. The van der Waals surface area contributed by atoms with Gasteiger partial charge in [-0.25, -0.2) is 5.01 Å². The van der Waals surface area contributed by atoms with E-state index in [0.717, 1.165) is 62.3 Å². The molecule has 4 nitrogen and oxygen atoms in total. The maximum absolute atomic E-state index is 6.58. The Hall–Kier alpha value is -2.31. The Balaban J connectivity index is 1.42. The molecule has 0 aliphatic carbocycles. The summed E-state index contributed by atoms with van der Waals surface area (Å²) in [6, 6.07) is 23.0. The molecule has 2 aliphatic rings. The van der Waals surface area contributed by atoms with Gasteiger partial charge in [-0.2, -0.15) is 5.10 Å². The molecule has 0 bridgehead atoms. The average molecular weight is 584 g/mol. The summed E-state index contributed by atoms with van der Waals surface area (Å²) < 4.78 is 14.5. The first-order chi connectivity index (χ1) is 16.6. The van der Waals surface area contributed by atoms with E-state index in [-0.39, 0.29) is 12.3 Å². The van der Waals surface area contributed by atoms with Crippen molar-refractivity contribution in [1.82, 2.24) is 5.01 Å². The highest BCUT2D eigenvalue weighted by atomic mass is 79.9. The van der Waals surface area contributed by atoms with Crippen molar-refractivity contribution in [2.45, 2.75) is 51.3 Å². The van der Waals surface area contributed by atoms with Crippen LogP contribution in [0.15, 0.2) is 80.8 Å². The van der Waals surface area contributed by atoms with Gasteiger partial charge < -0.3 is 9.47 Å². The quantitative estimate of drug-likeness (QED) is 0.250. The van der Waals surface area contributed by atoms with Crippen molar-refractivity contribution in [3.8, 4) is 11.5 Å². The summed E-state index contributed by atoms with van der Waals surface area (Å²) in [7, 11) is 0. The van der Waals surface area contributed by atoms with Crippen LogP contribution in [0.2, 0.25) is 0 Å². The fourth-order valence-electron chi connectivity index (χ4n) is 4.59. The largest absolute Gasteiger partial charge is 0.494 e. The molecule has 34 heavy (non-hydrogen) atoms. The van der Waals surface area contributed by atoms with Gasteiger partial charge in [0, 0.05) is 22.0 Å². The van der Waals surface area contributed by atoms with Gasteiger partial charge in [-0.05, 0) is 64.3 Å². The van der Waals surface area contributed by atoms with Crippen molar-refractivity contribution in [2.24, 2.45) is 5.10 Å². The molecule has 0 fully saturated rings. The SMILES string of the molecule is CCCCCCOc1ccc([C@H]2Oc3c(Br)cc(Br)cc3[C@H]3CC(c4ccccc4)=NN32)cc1. The van der Waals surface area contributed by atoms with Crippen molar-refractivity contribution >= 4 is 37.6 Å². The lowest BCUT2D eigenvalue weighted by Crippen LogP contribution is -2.33. The van der Waals surface area contributed by atoms with Gasteiger partial charge in [0.1, 0.15) is 11.5 Å². The minimum absolute atomic E-state index is 0.104. The molecule has 0 N–H and O–H groups in total. The number of fused-ring (bicyclic) bond motifs is 3. The molecule has 176 valence electrons. The number of hydrazone groups is 1. The molecule has 2 heterocycles. The van der Waals surface area contributed by atoms with Crippen molar-refractivity contribution in [2.75, 3.05) is 6.61 Å². The van der Waals surface area contributed by atoms with Gasteiger partial charge in [0.2, 0.25) is 6.23 Å². The van der Waals surface area contributed by atoms with E-state index in [2.05, 4.69) is 86.3 Å². The van der Waals surface area contributed by atoms with E-state index in [4.69, 9.17) is 14.6 Å². The molecule has 2 aliphatic heterocycles. The first-order valence-electron chi connectivity index (χ1n) is 11.9. The normalized spacial score (nSPS) is 18.7. The maximum atomic E-state index is 6.58. The number of nitrogens with zero attached hydrogens (tertiary/aromatic N) is 2. The van der Waals surface area contributed by atoms with Gasteiger partial charge in [-0.1, -0.05) is 72.4 Å². The molecule has 0 saturated heterocycles. The first-order valence-corrected chi connectivity index (χ1v) is 13.5. The number of halogens is 2. The molecule has 0 radical (unpaired) electrons. The summed E-state index contributed by atoms with van der Waals surface area (Å²) in [5.41, 5.74) is 4.43. The molecular weight excluding hydrogens is 556 g/mol. The third-order valence-electron chi connectivity index (χ3n) is 6.35. The van der Waals surface area contributed by atoms with Crippen LogP contribution in [0.25, 0.3) is 0 Å². The van der Waals surface area contributed by atoms with Crippen LogP contribution in [0.5, 0.6) is 11.5 Å². The van der Waals surface area contributed by atoms with Crippen molar-refractivity contribution in [1.29, 1.82) is 0 Å². The van der Waals surface area contributed by atoms with Crippen LogP contribution in [0.3, 0.4) is 0 Å². The van der Waals surface area contributed by atoms with Gasteiger partial charge in [0.05, 0.1) is 22.8 Å². The summed E-state index contributed by atoms with van der Waals surface area (Å²) in [5, 5.41) is 7.18. The summed E-state index contributed by atoms with van der Waals surface area (Å²) in [4.78, 5) is 0. The van der Waals surface area contributed by atoms with Gasteiger partial charge in [-0.15, -0.1) is 0 Å². The fraction of sp³-hybridized carbons (Fsp3) is 0.321. The topological polar surface area (TPSA) is 34.1 Å². The number of ether oxygens (including phenoxy) is 2. The Morgan fingerprint density at radius 1 is 1.00 bits per heavy atom. The summed E-state index contributed by atoms with van der Waals surface area (Å²) >= 11 is 7.36. The Bertz CT molecular complexity index is 1170. The maximum Gasteiger partial charge on any atom is 0.213 e. The van der Waals surface area contributed by atoms with E-state index in [1.807, 2.05) is 24.3 Å². The van der Waals surface area contributed by atoms with E-state index in [9.17, 15) is 0 Å². The van der Waals surface area contributed by atoms with Gasteiger partial charge >= 0.3 is 0 Å². The molecule has 0 aromatic heterocycles. The summed E-state index contributed by atoms with van der Waals surface area (Å²) in [5.74, 6) is 1.78. The Labute approximate surface area is 218 Å². The van der Waals surface area contributed by atoms with Crippen LogP contribution < -0.4 is 9.47 Å². The van der Waals surface area contributed by atoms with Crippen LogP contribution in [0, 0.1) is 0 Å². The highest BCUT2D eigenvalue weighted by molar-refractivity contribution is 9.11. The smallest absolute Gasteiger partial charge is 0.213 e. The zero-order chi connectivity index (χ0) is 23.5. The first kappa shape index (κ1) is 23.4. The summed E-state index contributed by atoms with van der Waals surface area (Å²) in [6.07, 6.45) is 5.32. The number of hydrogen-bond donors (Lipinski definition) is 0. The third kappa shape index (κ3) is 4.89. The van der Waals surface area contributed by atoms with E-state index >= 15 is 0 Å². The second-order valence-electron chi connectivity index (χ2n) is 8.77. The second-order valence-corrected chi connectivity index (χ2v) is 10.5. The highest BCUT2D eigenvalue weighted by Crippen LogP contribution is 2.50. The zero-order valence-corrected chi connectivity index (χ0v) is 22.4. The lowest BCUT2D eigenvalue weighted by atomic mass is 9.96. The number of rotatable bonds is 8. The molecule has 0 amide bonds. The fourth-order valence-corrected chi connectivity index (χ4v) is 5.94. The monoisotopic (exact) mass is 582 g/mol. The molecule has 0 unspecified atom stereocenters. The standard InChI is InChI=1S/C28H28Br2N2O2/c1-2-3-4-8-15-33-22-13-11-20(12-14-22)28-32-26(18-25(31-32)19-9-6-5-7-10-19)23-16-21(29)17-24(30)27(23)34-28/h5-7,9-14,16-17,26,28H,2-4,8,15,18H2,1H3/t26-,28-/m1/s1. The van der Waals surface area contributed by atoms with Crippen LogP contribution in [-0.2, 0) is 0 Å². The minimum Gasteiger partial charge on any atom is -0.494 e. The molecular formula is C28H28Br2N2O2. The van der Waals surface area contributed by atoms with Gasteiger partial charge in [0.25, 0.3) is 0 Å². The van der Waals surface area contributed by atoms with E-state index in [0.29, 0.717) is 0 Å². The third-order valence-corrected chi connectivity index (χ3v) is 7.39. The molecule has 6 heteroatoms. The van der Waals surface area contributed by atoms with E-state index < -0.39 is 0 Å². The molecule has 2 atom stereocenters. The minimum atomic E-state index is -0.310. The number of hydrogen-bond acceptors (Lipinski definition) is 4. The highest BCUT2D eigenvalue weighted by Gasteiger charge is 2.41. The molecule has 5 rings (SSSR count). The number of unbranched alkanes of at least 4 members (excludes halogenated alkanes) is 3. The summed E-state index contributed by atoms with van der Waals surface area (Å²) in [6.45, 7) is 2.98. The van der Waals surface area contributed by atoms with E-state index in [1.54, 1.807) is 0 Å². The molecule has 3 aromatic carbocycles. The van der Waals surface area contributed by atoms with Crippen LogP contribution in [0.4, 0.5) is 0 Å². The Kier molecular flexibility index (Phi) is 7.26.